The van der Waals surface area contributed by atoms with Crippen molar-refractivity contribution in [1.29, 1.82) is 0 Å². The van der Waals surface area contributed by atoms with Gasteiger partial charge in [-0.25, -0.2) is 0 Å². The third-order valence-electron chi connectivity index (χ3n) is 3.51. The summed E-state index contributed by atoms with van der Waals surface area (Å²) >= 11 is 5.62. The lowest BCUT2D eigenvalue weighted by atomic mass is 10.2. The van der Waals surface area contributed by atoms with Crippen LogP contribution >= 0.6 is 12.2 Å². The number of nitrogens with zero attached hydrogens (tertiary/aromatic N) is 1. The zero-order valence-corrected chi connectivity index (χ0v) is 14.6. The first kappa shape index (κ1) is 17.4. The molecule has 0 saturated heterocycles. The Morgan fingerprint density at radius 2 is 1.48 bits per heavy atom. The molecule has 1 unspecified atom stereocenters. The van der Waals surface area contributed by atoms with E-state index < -0.39 is 0 Å². The van der Waals surface area contributed by atoms with Crippen LogP contribution in [-0.2, 0) is 17.8 Å². The Kier molecular flexibility index (Phi) is 7.04. The molecule has 2 aromatic carbocycles. The molecule has 0 aliphatic rings. The smallest absolute Gasteiger partial charge is 0.169 e. The number of ether oxygens (including phenoxy) is 1. The molecule has 0 saturated carbocycles. The van der Waals surface area contributed by atoms with Gasteiger partial charge in [0, 0.05) is 26.2 Å². The highest BCUT2D eigenvalue weighted by Crippen LogP contribution is 2.10. The molecule has 0 radical (unpaired) electrons. The minimum Gasteiger partial charge on any atom is -0.383 e. The fourth-order valence-corrected chi connectivity index (χ4v) is 2.73. The molecule has 122 valence electrons. The number of benzene rings is 2. The zero-order chi connectivity index (χ0) is 16.5. The first-order chi connectivity index (χ1) is 11.2. The summed E-state index contributed by atoms with van der Waals surface area (Å²) < 4.78 is 5.18. The van der Waals surface area contributed by atoms with Crippen LogP contribution in [0, 0.1) is 0 Å². The molecular weight excluding hydrogens is 304 g/mol. The first-order valence-electron chi connectivity index (χ1n) is 7.81. The average Bonchev–Trinajstić information content (AvgIpc) is 2.56. The summed E-state index contributed by atoms with van der Waals surface area (Å²) in [6, 6.07) is 21.0. The molecule has 0 heterocycles. The molecule has 0 aliphatic carbocycles. The van der Waals surface area contributed by atoms with Crippen LogP contribution in [0.25, 0.3) is 0 Å². The Balaban J connectivity index is 2.08. The standard InChI is InChI=1S/C19H24N2OS/c1-16(15-22-2)20-19(23)21(13-17-9-5-3-6-10-17)14-18-11-7-4-8-12-18/h3-12,16H,13-15H2,1-2H3,(H,20,23). The molecule has 0 aliphatic heterocycles. The lowest BCUT2D eigenvalue weighted by Gasteiger charge is -2.28. The van der Waals surface area contributed by atoms with E-state index in [1.165, 1.54) is 11.1 Å². The predicted molar refractivity (Wildman–Crippen MR) is 99.2 cm³/mol. The monoisotopic (exact) mass is 328 g/mol. The maximum atomic E-state index is 5.62. The third-order valence-corrected chi connectivity index (χ3v) is 3.88. The van der Waals surface area contributed by atoms with E-state index in [2.05, 4.69) is 65.7 Å². The molecule has 1 N–H and O–H groups in total. The molecule has 23 heavy (non-hydrogen) atoms. The van der Waals surface area contributed by atoms with Crippen molar-refractivity contribution < 1.29 is 4.74 Å². The van der Waals surface area contributed by atoms with Gasteiger partial charge in [0.15, 0.2) is 5.11 Å². The van der Waals surface area contributed by atoms with Crippen LogP contribution in [0.2, 0.25) is 0 Å². The van der Waals surface area contributed by atoms with Gasteiger partial charge in [-0.05, 0) is 30.3 Å². The van der Waals surface area contributed by atoms with Gasteiger partial charge in [-0.15, -0.1) is 0 Å². The van der Waals surface area contributed by atoms with Crippen LogP contribution < -0.4 is 5.32 Å². The Morgan fingerprint density at radius 3 is 1.91 bits per heavy atom. The summed E-state index contributed by atoms with van der Waals surface area (Å²) in [6.07, 6.45) is 0. The highest BCUT2D eigenvalue weighted by atomic mass is 32.1. The molecule has 0 bridgehead atoms. The molecule has 0 aromatic heterocycles. The van der Waals surface area contributed by atoms with E-state index in [1.807, 2.05) is 12.1 Å². The van der Waals surface area contributed by atoms with Crippen LogP contribution in [0.3, 0.4) is 0 Å². The highest BCUT2D eigenvalue weighted by molar-refractivity contribution is 7.80. The minimum atomic E-state index is 0.182. The van der Waals surface area contributed by atoms with Crippen molar-refractivity contribution in [2.24, 2.45) is 0 Å². The van der Waals surface area contributed by atoms with E-state index in [-0.39, 0.29) is 6.04 Å². The Bertz CT molecular complexity index is 547. The summed E-state index contributed by atoms with van der Waals surface area (Å²) in [7, 11) is 1.70. The van der Waals surface area contributed by atoms with Gasteiger partial charge in [-0.1, -0.05) is 60.7 Å². The third kappa shape index (κ3) is 6.00. The van der Waals surface area contributed by atoms with Crippen LogP contribution in [-0.4, -0.2) is 29.8 Å². The summed E-state index contributed by atoms with van der Waals surface area (Å²) in [5, 5.41) is 4.11. The maximum Gasteiger partial charge on any atom is 0.169 e. The molecule has 1 atom stereocenters. The van der Waals surface area contributed by atoms with Gasteiger partial charge < -0.3 is 15.0 Å². The number of rotatable bonds is 7. The topological polar surface area (TPSA) is 24.5 Å². The van der Waals surface area contributed by atoms with Gasteiger partial charge >= 0.3 is 0 Å². The molecule has 4 heteroatoms. The van der Waals surface area contributed by atoms with Gasteiger partial charge in [0.05, 0.1) is 6.61 Å². The summed E-state index contributed by atoms with van der Waals surface area (Å²) in [6.45, 7) is 4.26. The molecule has 0 spiro atoms. The summed E-state index contributed by atoms with van der Waals surface area (Å²) in [5.74, 6) is 0. The summed E-state index contributed by atoms with van der Waals surface area (Å²) in [4.78, 5) is 2.19. The van der Waals surface area contributed by atoms with Crippen molar-refractivity contribution in [3.63, 3.8) is 0 Å². The van der Waals surface area contributed by atoms with Crippen LogP contribution in [0.4, 0.5) is 0 Å². The molecule has 2 aromatic rings. The van der Waals surface area contributed by atoms with Crippen molar-refractivity contribution >= 4 is 17.3 Å². The minimum absolute atomic E-state index is 0.182. The second kappa shape index (κ2) is 9.28. The van der Waals surface area contributed by atoms with Crippen molar-refractivity contribution in [2.75, 3.05) is 13.7 Å². The molecule has 0 amide bonds. The van der Waals surface area contributed by atoms with Crippen LogP contribution in [0.1, 0.15) is 18.1 Å². The highest BCUT2D eigenvalue weighted by Gasteiger charge is 2.13. The molecule has 0 fully saturated rings. The van der Waals surface area contributed by atoms with E-state index in [1.54, 1.807) is 7.11 Å². The lowest BCUT2D eigenvalue weighted by Crippen LogP contribution is -2.44. The van der Waals surface area contributed by atoms with Crippen molar-refractivity contribution in [3.8, 4) is 0 Å². The van der Waals surface area contributed by atoms with Crippen molar-refractivity contribution in [3.05, 3.63) is 71.8 Å². The quantitative estimate of drug-likeness (QED) is 0.785. The Labute approximate surface area is 144 Å². The maximum absolute atomic E-state index is 5.62. The number of nitrogens with one attached hydrogen (secondary N) is 1. The summed E-state index contributed by atoms with van der Waals surface area (Å²) in [5.41, 5.74) is 2.49. The second-order valence-electron chi connectivity index (χ2n) is 5.63. The van der Waals surface area contributed by atoms with Gasteiger partial charge in [0.2, 0.25) is 0 Å². The van der Waals surface area contributed by atoms with Gasteiger partial charge in [0.1, 0.15) is 0 Å². The van der Waals surface area contributed by atoms with Gasteiger partial charge in [-0.2, -0.15) is 0 Å². The average molecular weight is 328 g/mol. The molecule has 2 rings (SSSR count). The van der Waals surface area contributed by atoms with E-state index >= 15 is 0 Å². The number of thiocarbonyl (C=S) groups is 1. The molecular formula is C19H24N2OS. The van der Waals surface area contributed by atoms with Crippen LogP contribution in [0.5, 0.6) is 0 Å². The largest absolute Gasteiger partial charge is 0.383 e. The predicted octanol–water partition coefficient (Wildman–Crippen LogP) is 3.60. The van der Waals surface area contributed by atoms with E-state index in [0.29, 0.717) is 6.61 Å². The van der Waals surface area contributed by atoms with Crippen molar-refractivity contribution in [2.45, 2.75) is 26.1 Å². The van der Waals surface area contributed by atoms with Crippen molar-refractivity contribution in [1.82, 2.24) is 10.2 Å². The van der Waals surface area contributed by atoms with Crippen LogP contribution in [0.15, 0.2) is 60.7 Å². The fourth-order valence-electron chi connectivity index (χ4n) is 2.40. The number of hydrogen-bond acceptors (Lipinski definition) is 2. The van der Waals surface area contributed by atoms with E-state index in [4.69, 9.17) is 17.0 Å². The molecule has 3 nitrogen and oxygen atoms in total. The fraction of sp³-hybridized carbons (Fsp3) is 0.316. The normalized spacial score (nSPS) is 11.7. The van der Waals surface area contributed by atoms with E-state index in [0.717, 1.165) is 18.2 Å². The Hall–Kier alpha value is -1.91. The number of hydrogen-bond donors (Lipinski definition) is 1. The first-order valence-corrected chi connectivity index (χ1v) is 8.22. The SMILES string of the molecule is COCC(C)NC(=S)N(Cc1ccccc1)Cc1ccccc1. The van der Waals surface area contributed by atoms with Gasteiger partial charge in [0.25, 0.3) is 0 Å². The second-order valence-corrected chi connectivity index (χ2v) is 6.02. The lowest BCUT2D eigenvalue weighted by molar-refractivity contribution is 0.177. The number of methoxy groups -OCH3 is 1. The Morgan fingerprint density at radius 1 is 1.00 bits per heavy atom. The van der Waals surface area contributed by atoms with E-state index in [9.17, 15) is 0 Å². The zero-order valence-electron chi connectivity index (χ0n) is 13.7. The van der Waals surface area contributed by atoms with Gasteiger partial charge in [-0.3, -0.25) is 0 Å².